The smallest absolute Gasteiger partial charge is 0.108 e. The number of rotatable bonds is 5. The summed E-state index contributed by atoms with van der Waals surface area (Å²) >= 11 is 0. The summed E-state index contributed by atoms with van der Waals surface area (Å²) in [4.78, 5) is 2.43. The Morgan fingerprint density at radius 3 is 2.80 bits per heavy atom. The molecule has 1 aromatic carbocycles. The summed E-state index contributed by atoms with van der Waals surface area (Å²) in [6.07, 6.45) is 5.33. The second kappa shape index (κ2) is 6.88. The van der Waals surface area contributed by atoms with Gasteiger partial charge in [0.15, 0.2) is 0 Å². The molecule has 1 aromatic rings. The minimum Gasteiger partial charge on any atom is -0.303 e. The highest BCUT2D eigenvalue weighted by Gasteiger charge is 2.36. The van der Waals surface area contributed by atoms with Gasteiger partial charge in [-0.3, -0.25) is 0 Å². The maximum absolute atomic E-state index is 9.42. The van der Waals surface area contributed by atoms with Gasteiger partial charge in [-0.2, -0.15) is 5.26 Å². The van der Waals surface area contributed by atoms with Crippen LogP contribution in [-0.4, -0.2) is 37.1 Å². The van der Waals surface area contributed by atoms with Gasteiger partial charge in [-0.1, -0.05) is 30.3 Å². The Kier molecular flexibility index (Phi) is 5.17. The van der Waals surface area contributed by atoms with E-state index in [1.807, 2.05) is 7.05 Å². The molecule has 0 heterocycles. The fourth-order valence-electron chi connectivity index (χ4n) is 3.14. The molecule has 20 heavy (non-hydrogen) atoms. The summed E-state index contributed by atoms with van der Waals surface area (Å²) in [6, 6.07) is 13.6. The van der Waals surface area contributed by atoms with E-state index >= 15 is 0 Å². The summed E-state index contributed by atoms with van der Waals surface area (Å²) in [7, 11) is 4.10. The molecule has 1 fully saturated rings. The summed E-state index contributed by atoms with van der Waals surface area (Å²) in [5.74, 6) is 0. The number of nitrogens with zero attached hydrogens (tertiary/aromatic N) is 2. The van der Waals surface area contributed by atoms with Crippen molar-refractivity contribution in [3.8, 4) is 6.07 Å². The average Bonchev–Trinajstić information content (AvgIpc) is 2.53. The van der Waals surface area contributed by atoms with Crippen LogP contribution in [0.25, 0.3) is 0 Å². The Morgan fingerprint density at radius 2 is 2.15 bits per heavy atom. The van der Waals surface area contributed by atoms with Crippen molar-refractivity contribution in [2.45, 2.75) is 43.7 Å². The van der Waals surface area contributed by atoms with E-state index in [-0.39, 0.29) is 5.54 Å². The first-order chi connectivity index (χ1) is 9.69. The third-order valence-corrected chi connectivity index (χ3v) is 4.64. The average molecular weight is 271 g/mol. The van der Waals surface area contributed by atoms with E-state index in [0.29, 0.717) is 6.04 Å². The van der Waals surface area contributed by atoms with Gasteiger partial charge in [-0.15, -0.1) is 0 Å². The topological polar surface area (TPSA) is 39.1 Å². The predicted octanol–water partition coefficient (Wildman–Crippen LogP) is 2.59. The highest BCUT2D eigenvalue weighted by Crippen LogP contribution is 2.30. The number of nitriles is 1. The number of likely N-dealkylation sites (N-methyl/N-ethyl adjacent to an activating group) is 1. The third kappa shape index (κ3) is 3.59. The van der Waals surface area contributed by atoms with Gasteiger partial charge in [0.2, 0.25) is 0 Å². The highest BCUT2D eigenvalue weighted by atomic mass is 15.1. The third-order valence-electron chi connectivity index (χ3n) is 4.64. The van der Waals surface area contributed by atoms with Gasteiger partial charge in [0.1, 0.15) is 5.54 Å². The van der Waals surface area contributed by atoms with Crippen molar-refractivity contribution in [1.82, 2.24) is 10.2 Å². The Bertz CT molecular complexity index is 451. The van der Waals surface area contributed by atoms with Gasteiger partial charge in [0.05, 0.1) is 6.07 Å². The van der Waals surface area contributed by atoms with Gasteiger partial charge < -0.3 is 10.2 Å². The lowest BCUT2D eigenvalue weighted by Crippen LogP contribution is -2.51. The Hall–Kier alpha value is -1.37. The van der Waals surface area contributed by atoms with Crippen LogP contribution in [0.5, 0.6) is 0 Å². The molecule has 1 aliphatic rings. The monoisotopic (exact) mass is 271 g/mol. The lowest BCUT2D eigenvalue weighted by molar-refractivity contribution is 0.150. The number of nitrogens with one attached hydrogen (secondary N) is 1. The van der Waals surface area contributed by atoms with Gasteiger partial charge in [-0.25, -0.2) is 0 Å². The van der Waals surface area contributed by atoms with Crippen LogP contribution >= 0.6 is 0 Å². The molecule has 1 saturated carbocycles. The molecule has 1 aliphatic carbocycles. The van der Waals surface area contributed by atoms with Crippen LogP contribution in [0.3, 0.4) is 0 Å². The molecule has 0 amide bonds. The fraction of sp³-hybridized carbons (Fsp3) is 0.588. The van der Waals surface area contributed by atoms with Gasteiger partial charge in [-0.05, 0) is 51.8 Å². The van der Waals surface area contributed by atoms with E-state index in [4.69, 9.17) is 0 Å². The standard InChI is InChI=1S/C17H25N3/c1-19-17(14-18)11-6-9-16(13-17)20(2)12-10-15-7-4-3-5-8-15/h3-5,7-8,16,19H,6,9-13H2,1-2H3. The summed E-state index contributed by atoms with van der Waals surface area (Å²) in [6.45, 7) is 1.06. The van der Waals surface area contributed by atoms with Crippen LogP contribution in [0.4, 0.5) is 0 Å². The van der Waals surface area contributed by atoms with E-state index in [2.05, 4.69) is 53.7 Å². The van der Waals surface area contributed by atoms with Crippen LogP contribution in [0.1, 0.15) is 31.2 Å². The van der Waals surface area contributed by atoms with E-state index < -0.39 is 0 Å². The van der Waals surface area contributed by atoms with Crippen molar-refractivity contribution >= 4 is 0 Å². The van der Waals surface area contributed by atoms with Crippen molar-refractivity contribution in [3.63, 3.8) is 0 Å². The minimum absolute atomic E-state index is 0.316. The molecule has 1 N–H and O–H groups in total. The normalized spacial score (nSPS) is 26.4. The van der Waals surface area contributed by atoms with Crippen LogP contribution in [0.2, 0.25) is 0 Å². The molecule has 2 atom stereocenters. The number of hydrogen-bond acceptors (Lipinski definition) is 3. The van der Waals surface area contributed by atoms with Crippen LogP contribution in [0, 0.1) is 11.3 Å². The van der Waals surface area contributed by atoms with E-state index in [1.54, 1.807) is 0 Å². The summed E-state index contributed by atoms with van der Waals surface area (Å²) in [5.41, 5.74) is 1.07. The number of benzene rings is 1. The molecule has 2 unspecified atom stereocenters. The van der Waals surface area contributed by atoms with Gasteiger partial charge in [0.25, 0.3) is 0 Å². The van der Waals surface area contributed by atoms with Gasteiger partial charge in [0, 0.05) is 12.6 Å². The van der Waals surface area contributed by atoms with Crippen molar-refractivity contribution in [2.75, 3.05) is 20.6 Å². The zero-order chi connectivity index (χ0) is 14.4. The molecule has 3 nitrogen and oxygen atoms in total. The molecule has 0 bridgehead atoms. The fourth-order valence-corrected chi connectivity index (χ4v) is 3.14. The van der Waals surface area contributed by atoms with Crippen LogP contribution in [-0.2, 0) is 6.42 Å². The van der Waals surface area contributed by atoms with Gasteiger partial charge >= 0.3 is 0 Å². The Labute approximate surface area is 122 Å². The first kappa shape index (κ1) is 15.0. The predicted molar refractivity (Wildman–Crippen MR) is 82.4 cm³/mol. The molecule has 0 saturated heterocycles. The molecule has 108 valence electrons. The number of hydrogen-bond donors (Lipinski definition) is 1. The quantitative estimate of drug-likeness (QED) is 0.894. The Balaban J connectivity index is 1.89. The van der Waals surface area contributed by atoms with Crippen LogP contribution in [0.15, 0.2) is 30.3 Å². The summed E-state index contributed by atoms with van der Waals surface area (Å²) in [5, 5.41) is 12.7. The molecule has 2 rings (SSSR count). The molecule has 0 radical (unpaired) electrons. The molecule has 0 spiro atoms. The van der Waals surface area contributed by atoms with E-state index in [1.165, 1.54) is 12.0 Å². The Morgan fingerprint density at radius 1 is 1.40 bits per heavy atom. The van der Waals surface area contributed by atoms with E-state index in [9.17, 15) is 5.26 Å². The molecule has 3 heteroatoms. The minimum atomic E-state index is -0.316. The molecule has 0 aromatic heterocycles. The first-order valence-electron chi connectivity index (χ1n) is 7.53. The van der Waals surface area contributed by atoms with Crippen LogP contribution < -0.4 is 5.32 Å². The first-order valence-corrected chi connectivity index (χ1v) is 7.53. The zero-order valence-electron chi connectivity index (χ0n) is 12.6. The highest BCUT2D eigenvalue weighted by molar-refractivity contribution is 5.15. The van der Waals surface area contributed by atoms with Crippen molar-refractivity contribution < 1.29 is 0 Å². The largest absolute Gasteiger partial charge is 0.303 e. The molecular weight excluding hydrogens is 246 g/mol. The second-order valence-electron chi connectivity index (χ2n) is 5.91. The van der Waals surface area contributed by atoms with E-state index in [0.717, 1.165) is 32.2 Å². The SMILES string of the molecule is CNC1(C#N)CCCC(N(C)CCc2ccccc2)C1. The lowest BCUT2D eigenvalue weighted by atomic mass is 9.79. The molecular formula is C17H25N3. The van der Waals surface area contributed by atoms with Crippen molar-refractivity contribution in [2.24, 2.45) is 0 Å². The summed E-state index contributed by atoms with van der Waals surface area (Å²) < 4.78 is 0. The van der Waals surface area contributed by atoms with Crippen molar-refractivity contribution in [1.29, 1.82) is 5.26 Å². The second-order valence-corrected chi connectivity index (χ2v) is 5.91. The van der Waals surface area contributed by atoms with Crippen molar-refractivity contribution in [3.05, 3.63) is 35.9 Å². The maximum Gasteiger partial charge on any atom is 0.108 e. The molecule has 0 aliphatic heterocycles. The lowest BCUT2D eigenvalue weighted by Gasteiger charge is -2.39. The maximum atomic E-state index is 9.42. The zero-order valence-corrected chi connectivity index (χ0v) is 12.6.